The summed E-state index contributed by atoms with van der Waals surface area (Å²) in [5, 5.41) is 12.5. The van der Waals surface area contributed by atoms with E-state index in [2.05, 4.69) is 21.2 Å². The molecule has 1 aliphatic heterocycles. The van der Waals surface area contributed by atoms with Crippen molar-refractivity contribution in [2.24, 2.45) is 11.8 Å². The lowest BCUT2D eigenvalue weighted by Gasteiger charge is -2.27. The molecule has 1 aliphatic rings. The van der Waals surface area contributed by atoms with Gasteiger partial charge in [-0.25, -0.2) is 0 Å². The summed E-state index contributed by atoms with van der Waals surface area (Å²) in [5.74, 6) is -1.81. The molecule has 0 aliphatic carbocycles. The summed E-state index contributed by atoms with van der Waals surface area (Å²) in [6, 6.07) is 4.90. The molecule has 1 aromatic rings. The molecule has 1 heterocycles. The first kappa shape index (κ1) is 17.2. The van der Waals surface area contributed by atoms with E-state index in [9.17, 15) is 14.7 Å². The van der Waals surface area contributed by atoms with Gasteiger partial charge in [-0.05, 0) is 52.9 Å². The maximum absolute atomic E-state index is 12.2. The summed E-state index contributed by atoms with van der Waals surface area (Å²) >= 11 is 9.18. The summed E-state index contributed by atoms with van der Waals surface area (Å²) in [6.45, 7) is 1.24. The van der Waals surface area contributed by atoms with Gasteiger partial charge in [0.25, 0.3) is 5.91 Å². The molecule has 0 bridgehead atoms. The van der Waals surface area contributed by atoms with Crippen LogP contribution in [0.15, 0.2) is 22.7 Å². The van der Waals surface area contributed by atoms with Crippen LogP contribution in [0.1, 0.15) is 23.2 Å². The normalized spacial score (nSPS) is 17.0. The Kier molecular flexibility index (Phi) is 6.23. The number of carboxylic acid groups (broad SMARTS) is 1. The van der Waals surface area contributed by atoms with Gasteiger partial charge in [0.15, 0.2) is 0 Å². The van der Waals surface area contributed by atoms with E-state index in [1.54, 1.807) is 18.2 Å². The molecule has 22 heavy (non-hydrogen) atoms. The molecule has 1 unspecified atom stereocenters. The van der Waals surface area contributed by atoms with E-state index >= 15 is 0 Å². The van der Waals surface area contributed by atoms with Gasteiger partial charge in [-0.15, -0.1) is 0 Å². The molecule has 2 N–H and O–H groups in total. The molecule has 0 spiro atoms. The van der Waals surface area contributed by atoms with Crippen molar-refractivity contribution in [1.82, 2.24) is 5.32 Å². The molecular formula is C15H17BrClNO4. The maximum Gasteiger partial charge on any atom is 0.308 e. The van der Waals surface area contributed by atoms with Gasteiger partial charge in [0, 0.05) is 29.3 Å². The lowest BCUT2D eigenvalue weighted by atomic mass is 9.86. The second kappa shape index (κ2) is 7.94. The van der Waals surface area contributed by atoms with Crippen LogP contribution in [0.2, 0.25) is 5.02 Å². The van der Waals surface area contributed by atoms with Gasteiger partial charge >= 0.3 is 5.97 Å². The molecule has 7 heteroatoms. The Morgan fingerprint density at radius 1 is 1.41 bits per heavy atom. The molecule has 1 atom stereocenters. The fraction of sp³-hybridized carbons (Fsp3) is 0.467. The molecular weight excluding hydrogens is 374 g/mol. The van der Waals surface area contributed by atoms with Gasteiger partial charge in [0.1, 0.15) is 0 Å². The number of halogens is 2. The minimum atomic E-state index is -0.891. The third-order valence-electron chi connectivity index (χ3n) is 3.81. The zero-order valence-electron chi connectivity index (χ0n) is 11.9. The fourth-order valence-electron chi connectivity index (χ4n) is 2.54. The zero-order valence-corrected chi connectivity index (χ0v) is 14.2. The summed E-state index contributed by atoms with van der Waals surface area (Å²) < 4.78 is 5.87. The van der Waals surface area contributed by atoms with Crippen LogP contribution in [0.25, 0.3) is 0 Å². The Labute approximate surface area is 142 Å². The second-order valence-corrected chi connectivity index (χ2v) is 6.52. The Hall–Kier alpha value is -1.11. The summed E-state index contributed by atoms with van der Waals surface area (Å²) in [4.78, 5) is 23.7. The standard InChI is InChI=1S/C15H17BrClNO4/c16-13-2-1-10(17)7-11(13)14(19)18-8-12(15(20)21)9-3-5-22-6-4-9/h1-2,7,9,12H,3-6,8H2,(H,18,19)(H,20,21). The number of benzene rings is 1. The number of ether oxygens (including phenoxy) is 1. The summed E-state index contributed by atoms with van der Waals surface area (Å²) in [7, 11) is 0. The maximum atomic E-state index is 12.2. The van der Waals surface area contributed by atoms with E-state index in [0.29, 0.717) is 41.1 Å². The van der Waals surface area contributed by atoms with Gasteiger partial charge in [0.05, 0.1) is 11.5 Å². The van der Waals surface area contributed by atoms with E-state index in [-0.39, 0.29) is 18.4 Å². The SMILES string of the molecule is O=C(NCC(C(=O)O)C1CCOCC1)c1cc(Cl)ccc1Br. The van der Waals surface area contributed by atoms with Crippen molar-refractivity contribution in [3.8, 4) is 0 Å². The Balaban J connectivity index is 2.01. The van der Waals surface area contributed by atoms with Crippen LogP contribution in [0.3, 0.4) is 0 Å². The Bertz CT molecular complexity index is 560. The van der Waals surface area contributed by atoms with Crippen molar-refractivity contribution in [2.75, 3.05) is 19.8 Å². The minimum absolute atomic E-state index is 0.0225. The van der Waals surface area contributed by atoms with Crippen molar-refractivity contribution in [3.63, 3.8) is 0 Å². The van der Waals surface area contributed by atoms with E-state index in [4.69, 9.17) is 16.3 Å². The molecule has 2 rings (SSSR count). The lowest BCUT2D eigenvalue weighted by Crippen LogP contribution is -2.39. The van der Waals surface area contributed by atoms with Crippen molar-refractivity contribution in [3.05, 3.63) is 33.3 Å². The van der Waals surface area contributed by atoms with Crippen molar-refractivity contribution in [2.45, 2.75) is 12.8 Å². The number of carbonyl (C=O) groups excluding carboxylic acids is 1. The number of hydrogen-bond acceptors (Lipinski definition) is 3. The molecule has 1 amide bonds. The first-order chi connectivity index (χ1) is 10.5. The predicted octanol–water partition coefficient (Wildman–Crippen LogP) is 2.96. The predicted molar refractivity (Wildman–Crippen MR) is 86.2 cm³/mol. The minimum Gasteiger partial charge on any atom is -0.481 e. The van der Waals surface area contributed by atoms with Crippen LogP contribution in [-0.4, -0.2) is 36.7 Å². The second-order valence-electron chi connectivity index (χ2n) is 5.23. The average Bonchev–Trinajstić information content (AvgIpc) is 2.50. The smallest absolute Gasteiger partial charge is 0.308 e. The molecule has 0 radical (unpaired) electrons. The first-order valence-corrected chi connectivity index (χ1v) is 8.20. The molecule has 1 saturated heterocycles. The quantitative estimate of drug-likeness (QED) is 0.810. The van der Waals surface area contributed by atoms with Crippen LogP contribution in [0.4, 0.5) is 0 Å². The number of hydrogen-bond donors (Lipinski definition) is 2. The fourth-order valence-corrected chi connectivity index (χ4v) is 3.14. The van der Waals surface area contributed by atoms with Gasteiger partial charge < -0.3 is 15.2 Å². The topological polar surface area (TPSA) is 75.6 Å². The first-order valence-electron chi connectivity index (χ1n) is 7.03. The highest BCUT2D eigenvalue weighted by molar-refractivity contribution is 9.10. The molecule has 120 valence electrons. The van der Waals surface area contributed by atoms with Crippen LogP contribution >= 0.6 is 27.5 Å². The van der Waals surface area contributed by atoms with Crippen molar-refractivity contribution < 1.29 is 19.4 Å². The van der Waals surface area contributed by atoms with E-state index in [1.165, 1.54) is 0 Å². The average molecular weight is 391 g/mol. The highest BCUT2D eigenvalue weighted by Gasteiger charge is 2.30. The largest absolute Gasteiger partial charge is 0.481 e. The molecule has 0 aromatic heterocycles. The molecule has 1 fully saturated rings. The number of nitrogens with one attached hydrogen (secondary N) is 1. The zero-order chi connectivity index (χ0) is 16.1. The summed E-state index contributed by atoms with van der Waals surface area (Å²) in [5.41, 5.74) is 0.392. The number of amides is 1. The van der Waals surface area contributed by atoms with Gasteiger partial charge in [-0.2, -0.15) is 0 Å². The molecule has 0 saturated carbocycles. The monoisotopic (exact) mass is 389 g/mol. The van der Waals surface area contributed by atoms with Gasteiger partial charge in [0.2, 0.25) is 0 Å². The van der Waals surface area contributed by atoms with Crippen LogP contribution in [0, 0.1) is 11.8 Å². The highest BCUT2D eigenvalue weighted by atomic mass is 79.9. The van der Waals surface area contributed by atoms with E-state index in [1.807, 2.05) is 0 Å². The highest BCUT2D eigenvalue weighted by Crippen LogP contribution is 2.25. The van der Waals surface area contributed by atoms with E-state index in [0.717, 1.165) is 0 Å². The van der Waals surface area contributed by atoms with Crippen molar-refractivity contribution >= 4 is 39.4 Å². The molecule has 1 aromatic carbocycles. The van der Waals surface area contributed by atoms with Crippen LogP contribution in [-0.2, 0) is 9.53 Å². The van der Waals surface area contributed by atoms with Gasteiger partial charge in [-0.3, -0.25) is 9.59 Å². The van der Waals surface area contributed by atoms with Crippen LogP contribution < -0.4 is 5.32 Å². The van der Waals surface area contributed by atoms with Gasteiger partial charge in [-0.1, -0.05) is 11.6 Å². The Morgan fingerprint density at radius 3 is 2.73 bits per heavy atom. The van der Waals surface area contributed by atoms with Crippen LogP contribution in [0.5, 0.6) is 0 Å². The Morgan fingerprint density at radius 2 is 2.09 bits per heavy atom. The number of aliphatic carboxylic acids is 1. The number of carbonyl (C=O) groups is 2. The third kappa shape index (κ3) is 4.44. The molecule has 5 nitrogen and oxygen atoms in total. The number of rotatable bonds is 5. The lowest BCUT2D eigenvalue weighted by molar-refractivity contribution is -0.144. The number of carboxylic acids is 1. The van der Waals surface area contributed by atoms with E-state index < -0.39 is 11.9 Å². The van der Waals surface area contributed by atoms with Crippen molar-refractivity contribution in [1.29, 1.82) is 0 Å². The summed E-state index contributed by atoms with van der Waals surface area (Å²) in [6.07, 6.45) is 1.40. The third-order valence-corrected chi connectivity index (χ3v) is 4.73.